The number of fused-ring (bicyclic) bond motifs is 1. The van der Waals surface area contributed by atoms with E-state index in [1.165, 1.54) is 88.4 Å². The number of benzene rings is 2. The first-order valence-corrected chi connectivity index (χ1v) is 16.1. The summed E-state index contributed by atoms with van der Waals surface area (Å²) in [4.78, 5) is 3.61. The first-order valence-electron chi connectivity index (χ1n) is 15.3. The standard InChI is InChI=1S/C35H46N4S/c1-38(40-33-19-10-18-32(36)34(33)37)27-35(22-8-7-16-30-15-5-6-17-31(30)35)23-26-39-24-20-29(21-25-39)14-9-13-28-11-3-2-4-12-28/h2-6,10-12,15,17-19,29,36-37H,7-9,13-14,16,20-27H2,1H3. The minimum Gasteiger partial charge on any atom is -0.303 e. The summed E-state index contributed by atoms with van der Waals surface area (Å²) < 4.78 is 2.34. The van der Waals surface area contributed by atoms with Crippen LogP contribution in [0.3, 0.4) is 0 Å². The second-order valence-corrected chi connectivity index (χ2v) is 13.4. The van der Waals surface area contributed by atoms with Gasteiger partial charge in [0.05, 0.1) is 16.3 Å². The highest BCUT2D eigenvalue weighted by atomic mass is 32.2. The molecule has 212 valence electrons. The topological polar surface area (TPSA) is 54.2 Å². The van der Waals surface area contributed by atoms with Crippen molar-refractivity contribution in [1.29, 1.82) is 10.8 Å². The number of nitrogens with one attached hydrogen (secondary N) is 2. The Balaban J connectivity index is 1.21. The number of hydrogen-bond acceptors (Lipinski definition) is 5. The molecule has 40 heavy (non-hydrogen) atoms. The largest absolute Gasteiger partial charge is 0.303 e. The van der Waals surface area contributed by atoms with Gasteiger partial charge in [0.1, 0.15) is 0 Å². The van der Waals surface area contributed by atoms with Crippen LogP contribution in [0.4, 0.5) is 0 Å². The van der Waals surface area contributed by atoms with E-state index in [1.807, 2.05) is 12.2 Å². The van der Waals surface area contributed by atoms with Crippen LogP contribution in [0.5, 0.6) is 0 Å². The Morgan fingerprint density at radius 1 is 1.00 bits per heavy atom. The molecule has 3 aliphatic rings. The molecule has 1 heterocycles. The fourth-order valence-electron chi connectivity index (χ4n) is 7.02. The molecule has 5 heteroatoms. The molecule has 2 N–H and O–H groups in total. The fourth-order valence-corrected chi connectivity index (χ4v) is 8.00. The molecule has 4 nitrogen and oxygen atoms in total. The Bertz CT molecular complexity index is 1210. The summed E-state index contributed by atoms with van der Waals surface area (Å²) in [5, 5.41) is 16.5. The van der Waals surface area contributed by atoms with Crippen LogP contribution in [-0.2, 0) is 18.3 Å². The zero-order chi connectivity index (χ0) is 27.8. The molecular weight excluding hydrogens is 508 g/mol. The minimum atomic E-state index is 0.113. The van der Waals surface area contributed by atoms with Gasteiger partial charge >= 0.3 is 0 Å². The Morgan fingerprint density at radius 3 is 2.60 bits per heavy atom. The van der Waals surface area contributed by atoms with Gasteiger partial charge in [-0.1, -0.05) is 73.5 Å². The van der Waals surface area contributed by atoms with Gasteiger partial charge in [0, 0.05) is 12.0 Å². The lowest BCUT2D eigenvalue weighted by Crippen LogP contribution is -2.42. The summed E-state index contributed by atoms with van der Waals surface area (Å²) in [6, 6.07) is 20.2. The smallest absolute Gasteiger partial charge is 0.0938 e. The number of hydrogen-bond donors (Lipinski definition) is 2. The van der Waals surface area contributed by atoms with Crippen LogP contribution in [-0.4, -0.2) is 53.9 Å². The Labute approximate surface area is 246 Å². The van der Waals surface area contributed by atoms with Gasteiger partial charge in [-0.15, -0.1) is 0 Å². The lowest BCUT2D eigenvalue weighted by Gasteiger charge is -2.40. The molecule has 1 aliphatic heterocycles. The SMILES string of the molecule is CN(CC1(CCN2CCC(CCCc3ccccc3)CC2)CCCCc2ccccc21)SC1=CC=CC(=N)C1=N. The molecule has 1 atom stereocenters. The minimum absolute atomic E-state index is 0.113. The summed E-state index contributed by atoms with van der Waals surface area (Å²) in [6.45, 7) is 4.59. The van der Waals surface area contributed by atoms with Crippen molar-refractivity contribution >= 4 is 23.4 Å². The average Bonchev–Trinajstić information content (AvgIpc) is 3.15. The second kappa shape index (κ2) is 13.9. The average molecular weight is 555 g/mol. The van der Waals surface area contributed by atoms with Crippen LogP contribution in [0.25, 0.3) is 0 Å². The summed E-state index contributed by atoms with van der Waals surface area (Å²) in [6.07, 6.45) is 18.3. The molecule has 5 rings (SSSR count). The highest BCUT2D eigenvalue weighted by molar-refractivity contribution is 8.02. The van der Waals surface area contributed by atoms with Gasteiger partial charge in [0.2, 0.25) is 0 Å². The lowest BCUT2D eigenvalue weighted by molar-refractivity contribution is 0.156. The number of piperidine rings is 1. The monoisotopic (exact) mass is 554 g/mol. The van der Waals surface area contributed by atoms with Crippen molar-refractivity contribution in [3.05, 3.63) is 94.4 Å². The predicted molar refractivity (Wildman–Crippen MR) is 172 cm³/mol. The van der Waals surface area contributed by atoms with Crippen molar-refractivity contribution in [3.8, 4) is 0 Å². The Hall–Kier alpha value is -2.47. The van der Waals surface area contributed by atoms with Crippen LogP contribution >= 0.6 is 11.9 Å². The number of likely N-dealkylation sites (tertiary alicyclic amines) is 1. The van der Waals surface area contributed by atoms with Gasteiger partial charge in [0.15, 0.2) is 0 Å². The molecule has 2 aromatic carbocycles. The maximum Gasteiger partial charge on any atom is 0.0938 e. The van der Waals surface area contributed by atoms with E-state index < -0.39 is 0 Å². The van der Waals surface area contributed by atoms with E-state index in [1.54, 1.807) is 23.6 Å². The molecule has 0 saturated carbocycles. The van der Waals surface area contributed by atoms with E-state index in [4.69, 9.17) is 10.8 Å². The van der Waals surface area contributed by atoms with E-state index in [9.17, 15) is 0 Å². The highest BCUT2D eigenvalue weighted by Gasteiger charge is 2.37. The zero-order valence-corrected chi connectivity index (χ0v) is 25.0. The number of rotatable bonds is 11. The van der Waals surface area contributed by atoms with Gasteiger partial charge < -0.3 is 4.90 Å². The van der Waals surface area contributed by atoms with Gasteiger partial charge in [0.25, 0.3) is 0 Å². The van der Waals surface area contributed by atoms with Gasteiger partial charge in [-0.3, -0.25) is 10.8 Å². The molecular formula is C35H46N4S. The third-order valence-electron chi connectivity index (χ3n) is 9.28. The molecule has 0 aromatic heterocycles. The molecule has 0 spiro atoms. The van der Waals surface area contributed by atoms with Crippen molar-refractivity contribution in [2.24, 2.45) is 5.92 Å². The van der Waals surface area contributed by atoms with E-state index in [-0.39, 0.29) is 5.41 Å². The molecule has 1 unspecified atom stereocenters. The number of likely N-dealkylation sites (N-methyl/N-ethyl adjacent to an activating group) is 1. The van der Waals surface area contributed by atoms with Crippen molar-refractivity contribution in [3.63, 3.8) is 0 Å². The third kappa shape index (κ3) is 7.43. The van der Waals surface area contributed by atoms with Crippen LogP contribution in [0.15, 0.2) is 77.7 Å². The van der Waals surface area contributed by atoms with E-state index >= 15 is 0 Å². The van der Waals surface area contributed by atoms with Crippen LogP contribution in [0.2, 0.25) is 0 Å². The summed E-state index contributed by atoms with van der Waals surface area (Å²) in [5.74, 6) is 0.877. The third-order valence-corrected chi connectivity index (χ3v) is 10.3. The molecule has 2 aromatic rings. The van der Waals surface area contributed by atoms with E-state index in [2.05, 4.69) is 70.9 Å². The summed E-state index contributed by atoms with van der Waals surface area (Å²) in [5.41, 5.74) is 5.31. The van der Waals surface area contributed by atoms with Crippen molar-refractivity contribution in [2.45, 2.75) is 69.6 Å². The second-order valence-electron chi connectivity index (χ2n) is 12.1. The van der Waals surface area contributed by atoms with Gasteiger partial charge in [-0.25, -0.2) is 4.31 Å². The van der Waals surface area contributed by atoms with E-state index in [0.717, 1.165) is 23.9 Å². The van der Waals surface area contributed by atoms with Crippen molar-refractivity contribution in [2.75, 3.05) is 33.2 Å². The number of allylic oxidation sites excluding steroid dienone is 4. The maximum absolute atomic E-state index is 8.38. The molecule has 1 fully saturated rings. The first kappa shape index (κ1) is 29.0. The van der Waals surface area contributed by atoms with Crippen LogP contribution in [0, 0.1) is 16.7 Å². The lowest BCUT2D eigenvalue weighted by atomic mass is 9.73. The normalized spacial score (nSPS) is 22.3. The van der Waals surface area contributed by atoms with Crippen molar-refractivity contribution in [1.82, 2.24) is 9.21 Å². The molecule has 0 amide bonds. The quantitative estimate of drug-likeness (QED) is 0.169. The number of aryl methyl sites for hydroxylation is 2. The van der Waals surface area contributed by atoms with E-state index in [0.29, 0.717) is 11.4 Å². The highest BCUT2D eigenvalue weighted by Crippen LogP contribution is 2.42. The van der Waals surface area contributed by atoms with Crippen molar-refractivity contribution < 1.29 is 0 Å². The predicted octanol–water partition coefficient (Wildman–Crippen LogP) is 7.85. The zero-order valence-electron chi connectivity index (χ0n) is 24.2. The molecule has 0 radical (unpaired) electrons. The fraction of sp³-hybridized carbons (Fsp3) is 0.486. The Morgan fingerprint density at radius 2 is 1.77 bits per heavy atom. The van der Waals surface area contributed by atoms with Gasteiger partial charge in [-0.05, 0) is 125 Å². The Kier molecular flexibility index (Phi) is 10.1. The summed E-state index contributed by atoms with van der Waals surface area (Å²) in [7, 11) is 2.18. The maximum atomic E-state index is 8.38. The molecule has 1 saturated heterocycles. The molecule has 2 aliphatic carbocycles. The van der Waals surface area contributed by atoms with Crippen LogP contribution in [0.1, 0.15) is 68.1 Å². The number of nitrogens with zero attached hydrogens (tertiary/aromatic N) is 2. The van der Waals surface area contributed by atoms with Gasteiger partial charge in [-0.2, -0.15) is 0 Å². The van der Waals surface area contributed by atoms with Crippen LogP contribution < -0.4 is 0 Å². The first-order chi connectivity index (χ1) is 19.5. The molecule has 0 bridgehead atoms. The summed E-state index contributed by atoms with van der Waals surface area (Å²) >= 11 is 1.64.